The first-order chi connectivity index (χ1) is 7.67. The topological polar surface area (TPSA) is 56.0 Å². The molecule has 86 valence electrons. The highest BCUT2D eigenvalue weighted by molar-refractivity contribution is 5.33. The van der Waals surface area contributed by atoms with E-state index in [0.29, 0.717) is 24.2 Å². The summed E-state index contributed by atoms with van der Waals surface area (Å²) in [6.07, 6.45) is 0. The molecule has 0 fully saturated rings. The number of rotatable bonds is 5. The molecule has 1 aromatic rings. The summed E-state index contributed by atoms with van der Waals surface area (Å²) >= 11 is 0. The summed E-state index contributed by atoms with van der Waals surface area (Å²) in [5.41, 5.74) is 0.928. The van der Waals surface area contributed by atoms with Gasteiger partial charge in [-0.25, -0.2) is 4.39 Å². The predicted octanol–water partition coefficient (Wildman–Crippen LogP) is 1.42. The molecule has 0 heterocycles. The third-order valence-corrected chi connectivity index (χ3v) is 2.29. The summed E-state index contributed by atoms with van der Waals surface area (Å²) < 4.78 is 13.3. The Morgan fingerprint density at radius 3 is 2.94 bits per heavy atom. The van der Waals surface area contributed by atoms with Crippen molar-refractivity contribution in [3.05, 3.63) is 35.1 Å². The number of benzene rings is 1. The Bertz CT molecular complexity index is 387. The minimum absolute atomic E-state index is 0.105. The van der Waals surface area contributed by atoms with Crippen LogP contribution in [0.1, 0.15) is 18.1 Å². The van der Waals surface area contributed by atoms with E-state index in [0.717, 1.165) is 0 Å². The van der Waals surface area contributed by atoms with E-state index in [1.54, 1.807) is 0 Å². The Kier molecular flexibility index (Phi) is 4.90. The number of halogens is 1. The Balaban J connectivity index is 2.56. The van der Waals surface area contributed by atoms with E-state index < -0.39 is 0 Å². The van der Waals surface area contributed by atoms with Crippen molar-refractivity contribution >= 4 is 0 Å². The highest BCUT2D eigenvalue weighted by Crippen LogP contribution is 2.09. The largest absolute Gasteiger partial charge is 0.396 e. The Morgan fingerprint density at radius 1 is 1.56 bits per heavy atom. The van der Waals surface area contributed by atoms with Crippen molar-refractivity contribution in [3.63, 3.8) is 0 Å². The maximum Gasteiger partial charge on any atom is 0.127 e. The molecule has 0 amide bonds. The van der Waals surface area contributed by atoms with E-state index in [-0.39, 0.29) is 18.3 Å². The average molecular weight is 222 g/mol. The van der Waals surface area contributed by atoms with Crippen molar-refractivity contribution in [1.29, 1.82) is 5.26 Å². The minimum atomic E-state index is -0.317. The van der Waals surface area contributed by atoms with E-state index in [1.165, 1.54) is 18.2 Å². The molecule has 0 saturated heterocycles. The molecule has 1 unspecified atom stereocenters. The number of nitriles is 1. The molecule has 0 aliphatic heterocycles. The van der Waals surface area contributed by atoms with Gasteiger partial charge in [0.1, 0.15) is 5.82 Å². The molecular formula is C12H15FN2O. The second kappa shape index (κ2) is 6.21. The van der Waals surface area contributed by atoms with Gasteiger partial charge in [0.15, 0.2) is 0 Å². The lowest BCUT2D eigenvalue weighted by Crippen LogP contribution is -2.23. The van der Waals surface area contributed by atoms with Crippen LogP contribution >= 0.6 is 0 Å². The van der Waals surface area contributed by atoms with Crippen molar-refractivity contribution in [2.45, 2.75) is 13.5 Å². The number of hydrogen-bond acceptors (Lipinski definition) is 3. The number of nitrogens with zero attached hydrogens (tertiary/aromatic N) is 1. The van der Waals surface area contributed by atoms with Gasteiger partial charge >= 0.3 is 0 Å². The fourth-order valence-electron chi connectivity index (χ4n) is 1.30. The maximum atomic E-state index is 13.3. The van der Waals surface area contributed by atoms with E-state index in [9.17, 15) is 4.39 Å². The molecule has 1 rings (SSSR count). The van der Waals surface area contributed by atoms with Gasteiger partial charge in [-0.1, -0.05) is 6.92 Å². The number of hydrogen-bond donors (Lipinski definition) is 2. The molecule has 0 bridgehead atoms. The SMILES string of the molecule is CC(CO)CNCc1cc(C#N)ccc1F. The molecule has 2 N–H and O–H groups in total. The van der Waals surface area contributed by atoms with Gasteiger partial charge in [-0.15, -0.1) is 0 Å². The molecule has 0 radical (unpaired) electrons. The first-order valence-electron chi connectivity index (χ1n) is 5.17. The normalized spacial score (nSPS) is 12.1. The molecule has 1 aromatic carbocycles. The quantitative estimate of drug-likeness (QED) is 0.792. The number of aliphatic hydroxyl groups excluding tert-OH is 1. The predicted molar refractivity (Wildman–Crippen MR) is 59.1 cm³/mol. The highest BCUT2D eigenvalue weighted by atomic mass is 19.1. The molecule has 3 nitrogen and oxygen atoms in total. The zero-order valence-electron chi connectivity index (χ0n) is 9.20. The molecule has 16 heavy (non-hydrogen) atoms. The van der Waals surface area contributed by atoms with Crippen molar-refractivity contribution in [3.8, 4) is 6.07 Å². The van der Waals surface area contributed by atoms with Crippen molar-refractivity contribution in [2.75, 3.05) is 13.2 Å². The highest BCUT2D eigenvalue weighted by Gasteiger charge is 2.04. The molecule has 0 spiro atoms. The minimum Gasteiger partial charge on any atom is -0.396 e. The van der Waals surface area contributed by atoms with E-state index in [4.69, 9.17) is 10.4 Å². The van der Waals surface area contributed by atoms with Crippen molar-refractivity contribution in [2.24, 2.45) is 5.92 Å². The monoisotopic (exact) mass is 222 g/mol. The summed E-state index contributed by atoms with van der Waals surface area (Å²) in [4.78, 5) is 0. The summed E-state index contributed by atoms with van der Waals surface area (Å²) in [6.45, 7) is 2.99. The molecule has 0 aromatic heterocycles. The molecule has 0 aliphatic rings. The van der Waals surface area contributed by atoms with Gasteiger partial charge in [0.25, 0.3) is 0 Å². The van der Waals surface area contributed by atoms with Gasteiger partial charge in [0.05, 0.1) is 11.6 Å². The van der Waals surface area contributed by atoms with E-state index in [2.05, 4.69) is 5.32 Å². The molecule has 0 aliphatic carbocycles. The summed E-state index contributed by atoms with van der Waals surface area (Å²) in [5, 5.41) is 20.5. The summed E-state index contributed by atoms with van der Waals surface area (Å²) in [6, 6.07) is 6.25. The average Bonchev–Trinajstić information content (AvgIpc) is 2.31. The van der Waals surface area contributed by atoms with Crippen LogP contribution in [-0.4, -0.2) is 18.3 Å². The van der Waals surface area contributed by atoms with Crippen LogP contribution in [0.3, 0.4) is 0 Å². The van der Waals surface area contributed by atoms with Gasteiger partial charge in [0.2, 0.25) is 0 Å². The van der Waals surface area contributed by atoms with Crippen LogP contribution in [0.15, 0.2) is 18.2 Å². The van der Waals surface area contributed by atoms with Crippen LogP contribution in [0.4, 0.5) is 4.39 Å². The van der Waals surface area contributed by atoms with Gasteiger partial charge in [0, 0.05) is 25.3 Å². The van der Waals surface area contributed by atoms with Crippen molar-refractivity contribution < 1.29 is 9.50 Å². The lowest BCUT2D eigenvalue weighted by Gasteiger charge is -2.10. The number of nitrogens with one attached hydrogen (secondary N) is 1. The van der Waals surface area contributed by atoms with Crippen LogP contribution in [-0.2, 0) is 6.54 Å². The van der Waals surface area contributed by atoms with E-state index in [1.807, 2.05) is 13.0 Å². The van der Waals surface area contributed by atoms with Crippen LogP contribution < -0.4 is 5.32 Å². The second-order valence-corrected chi connectivity index (χ2v) is 3.84. The maximum absolute atomic E-state index is 13.3. The van der Waals surface area contributed by atoms with Gasteiger partial charge in [-0.3, -0.25) is 0 Å². The molecular weight excluding hydrogens is 207 g/mol. The van der Waals surface area contributed by atoms with Crippen LogP contribution in [0.2, 0.25) is 0 Å². The Hall–Kier alpha value is -1.44. The Morgan fingerprint density at radius 2 is 2.31 bits per heavy atom. The lowest BCUT2D eigenvalue weighted by atomic mass is 10.1. The smallest absolute Gasteiger partial charge is 0.127 e. The molecule has 0 saturated carbocycles. The van der Waals surface area contributed by atoms with Crippen LogP contribution in [0.5, 0.6) is 0 Å². The zero-order valence-corrected chi connectivity index (χ0v) is 9.20. The van der Waals surface area contributed by atoms with Crippen molar-refractivity contribution in [1.82, 2.24) is 5.32 Å². The molecule has 1 atom stereocenters. The lowest BCUT2D eigenvalue weighted by molar-refractivity contribution is 0.233. The fraction of sp³-hybridized carbons (Fsp3) is 0.417. The first-order valence-corrected chi connectivity index (χ1v) is 5.17. The number of aliphatic hydroxyl groups is 1. The molecule has 4 heteroatoms. The van der Waals surface area contributed by atoms with Crippen LogP contribution in [0.25, 0.3) is 0 Å². The fourth-order valence-corrected chi connectivity index (χ4v) is 1.30. The zero-order chi connectivity index (χ0) is 12.0. The van der Waals surface area contributed by atoms with Gasteiger partial charge in [-0.05, 0) is 24.1 Å². The third-order valence-electron chi connectivity index (χ3n) is 2.29. The van der Waals surface area contributed by atoms with Gasteiger partial charge in [-0.2, -0.15) is 5.26 Å². The van der Waals surface area contributed by atoms with Crippen LogP contribution in [0, 0.1) is 23.1 Å². The summed E-state index contributed by atoms with van der Waals surface area (Å²) in [5.74, 6) is -0.176. The van der Waals surface area contributed by atoms with Gasteiger partial charge < -0.3 is 10.4 Å². The second-order valence-electron chi connectivity index (χ2n) is 3.84. The standard InChI is InChI=1S/C12H15FN2O/c1-9(8-16)6-15-7-11-4-10(5-14)2-3-12(11)13/h2-4,9,15-16H,6-8H2,1H3. The first kappa shape index (κ1) is 12.6. The summed E-state index contributed by atoms with van der Waals surface area (Å²) in [7, 11) is 0. The third kappa shape index (κ3) is 3.61. The van der Waals surface area contributed by atoms with E-state index >= 15 is 0 Å². The Labute approximate surface area is 94.5 Å².